The van der Waals surface area contributed by atoms with E-state index in [1.807, 2.05) is 0 Å². The molecule has 2 N–H and O–H groups in total. The van der Waals surface area contributed by atoms with E-state index in [2.05, 4.69) is 26.5 Å². The number of hydrogen-bond donors (Lipinski definition) is 2. The van der Waals surface area contributed by atoms with E-state index in [9.17, 15) is 0 Å². The lowest BCUT2D eigenvalue weighted by molar-refractivity contribution is 0.396. The first-order valence-corrected chi connectivity index (χ1v) is 5.18. The Morgan fingerprint density at radius 1 is 1.65 bits per heavy atom. The number of hydrogen-bond acceptors (Lipinski definition) is 5. The molecule has 1 aliphatic heterocycles. The number of nitrogens with one attached hydrogen (secondary N) is 2. The van der Waals surface area contributed by atoms with Crippen molar-refractivity contribution in [3.05, 3.63) is 11.8 Å². The first-order valence-electron chi connectivity index (χ1n) is 5.18. The minimum absolute atomic E-state index is 0. The molecule has 1 aromatic rings. The zero-order chi connectivity index (χ0) is 11.4. The van der Waals surface area contributed by atoms with E-state index in [1.165, 1.54) is 0 Å². The van der Waals surface area contributed by atoms with Crippen LogP contribution in [0.1, 0.15) is 12.0 Å². The van der Waals surface area contributed by atoms with Crippen molar-refractivity contribution < 1.29 is 4.74 Å². The van der Waals surface area contributed by atoms with Crippen LogP contribution in [0, 0.1) is 12.3 Å². The van der Waals surface area contributed by atoms with Crippen molar-refractivity contribution in [3.63, 3.8) is 0 Å². The maximum atomic E-state index is 5.30. The largest absolute Gasteiger partial charge is 0.480 e. The molecule has 2 rings (SSSR count). The number of methoxy groups -OCH3 is 1. The van der Waals surface area contributed by atoms with Gasteiger partial charge in [0.1, 0.15) is 5.56 Å². The molecule has 1 atom stereocenters. The van der Waals surface area contributed by atoms with Gasteiger partial charge in [-0.3, -0.25) is 0 Å². The number of aromatic nitrogens is 2. The maximum absolute atomic E-state index is 5.30. The number of nitrogens with zero attached hydrogens (tertiary/aromatic N) is 2. The van der Waals surface area contributed by atoms with Crippen molar-refractivity contribution in [3.8, 4) is 18.2 Å². The maximum Gasteiger partial charge on any atom is 0.234 e. The van der Waals surface area contributed by atoms with Gasteiger partial charge in [0.05, 0.1) is 13.3 Å². The van der Waals surface area contributed by atoms with Crippen LogP contribution in [0.5, 0.6) is 5.88 Å². The molecule has 0 unspecified atom stereocenters. The van der Waals surface area contributed by atoms with Gasteiger partial charge in [0.15, 0.2) is 0 Å². The van der Waals surface area contributed by atoms with Gasteiger partial charge in [0.25, 0.3) is 0 Å². The van der Waals surface area contributed by atoms with Crippen molar-refractivity contribution in [1.82, 2.24) is 15.3 Å². The highest BCUT2D eigenvalue weighted by Gasteiger charge is 2.15. The molecule has 0 aromatic carbocycles. The number of anilines is 1. The van der Waals surface area contributed by atoms with Crippen LogP contribution >= 0.6 is 12.4 Å². The summed E-state index contributed by atoms with van der Waals surface area (Å²) in [6.07, 6.45) is 7.97. The van der Waals surface area contributed by atoms with Crippen LogP contribution < -0.4 is 15.4 Å². The lowest BCUT2D eigenvalue weighted by Gasteiger charge is -2.11. The lowest BCUT2D eigenvalue weighted by atomic mass is 10.3. The van der Waals surface area contributed by atoms with E-state index in [4.69, 9.17) is 11.2 Å². The fraction of sp³-hybridized carbons (Fsp3) is 0.455. The highest BCUT2D eigenvalue weighted by molar-refractivity contribution is 5.85. The third kappa shape index (κ3) is 3.22. The number of rotatable bonds is 3. The molecule has 2 heterocycles. The van der Waals surface area contributed by atoms with Crippen molar-refractivity contribution >= 4 is 18.4 Å². The van der Waals surface area contributed by atoms with Gasteiger partial charge in [-0.2, -0.15) is 4.98 Å². The van der Waals surface area contributed by atoms with Crippen LogP contribution in [0.3, 0.4) is 0 Å². The van der Waals surface area contributed by atoms with Crippen LogP contribution in [0.2, 0.25) is 0 Å². The Morgan fingerprint density at radius 3 is 3.06 bits per heavy atom. The quantitative estimate of drug-likeness (QED) is 0.777. The number of ether oxygens (including phenoxy) is 1. The van der Waals surface area contributed by atoms with Crippen molar-refractivity contribution in [2.24, 2.45) is 0 Å². The fourth-order valence-corrected chi connectivity index (χ4v) is 1.65. The number of terminal acetylenes is 1. The van der Waals surface area contributed by atoms with Crippen LogP contribution in [-0.2, 0) is 0 Å². The first-order chi connectivity index (χ1) is 7.83. The van der Waals surface area contributed by atoms with E-state index >= 15 is 0 Å². The normalized spacial score (nSPS) is 18.0. The second-order valence-corrected chi connectivity index (χ2v) is 3.59. The molecule has 17 heavy (non-hydrogen) atoms. The summed E-state index contributed by atoms with van der Waals surface area (Å²) in [7, 11) is 1.55. The minimum atomic E-state index is 0. The van der Waals surface area contributed by atoms with Gasteiger partial charge in [-0.1, -0.05) is 5.92 Å². The summed E-state index contributed by atoms with van der Waals surface area (Å²) in [6, 6.07) is 0.376. The van der Waals surface area contributed by atoms with Gasteiger partial charge in [-0.15, -0.1) is 18.8 Å². The summed E-state index contributed by atoms with van der Waals surface area (Å²) in [6.45, 7) is 1.96. The smallest absolute Gasteiger partial charge is 0.234 e. The van der Waals surface area contributed by atoms with Gasteiger partial charge < -0.3 is 15.4 Å². The summed E-state index contributed by atoms with van der Waals surface area (Å²) >= 11 is 0. The second-order valence-electron chi connectivity index (χ2n) is 3.59. The summed E-state index contributed by atoms with van der Waals surface area (Å²) < 4.78 is 5.09. The summed E-state index contributed by atoms with van der Waals surface area (Å²) in [4.78, 5) is 8.36. The Balaban J connectivity index is 0.00000144. The third-order valence-corrected chi connectivity index (χ3v) is 2.50. The van der Waals surface area contributed by atoms with Crippen molar-refractivity contribution in [1.29, 1.82) is 0 Å². The lowest BCUT2D eigenvalue weighted by Crippen LogP contribution is -2.23. The average Bonchev–Trinajstić information content (AvgIpc) is 2.81. The Kier molecular flexibility index (Phi) is 5.01. The van der Waals surface area contributed by atoms with Gasteiger partial charge in [-0.05, 0) is 13.0 Å². The van der Waals surface area contributed by atoms with Crippen molar-refractivity contribution in [2.75, 3.05) is 25.5 Å². The zero-order valence-electron chi connectivity index (χ0n) is 9.56. The SMILES string of the molecule is C#Cc1cnc(N[C@@H]2CCNC2)nc1OC.Cl. The third-order valence-electron chi connectivity index (χ3n) is 2.50. The Labute approximate surface area is 107 Å². The molecule has 1 saturated heterocycles. The van der Waals surface area contributed by atoms with E-state index in [0.717, 1.165) is 19.5 Å². The van der Waals surface area contributed by atoms with Gasteiger partial charge in [0.2, 0.25) is 11.8 Å². The van der Waals surface area contributed by atoms with Gasteiger partial charge in [0, 0.05) is 12.6 Å². The van der Waals surface area contributed by atoms with E-state index in [1.54, 1.807) is 13.3 Å². The topological polar surface area (TPSA) is 59.1 Å². The highest BCUT2D eigenvalue weighted by Crippen LogP contribution is 2.15. The monoisotopic (exact) mass is 254 g/mol. The molecule has 1 aliphatic rings. The zero-order valence-corrected chi connectivity index (χ0v) is 10.4. The van der Waals surface area contributed by atoms with E-state index < -0.39 is 0 Å². The molecule has 0 amide bonds. The molecule has 0 aliphatic carbocycles. The Morgan fingerprint density at radius 2 is 2.47 bits per heavy atom. The Bertz CT molecular complexity index is 412. The molecule has 0 saturated carbocycles. The predicted molar refractivity (Wildman–Crippen MR) is 68.7 cm³/mol. The highest BCUT2D eigenvalue weighted by atomic mass is 35.5. The van der Waals surface area contributed by atoms with E-state index in [0.29, 0.717) is 23.4 Å². The summed E-state index contributed by atoms with van der Waals surface area (Å²) in [5, 5.41) is 6.50. The predicted octanol–water partition coefficient (Wildman–Crippen LogP) is 0.662. The molecule has 1 aromatic heterocycles. The molecule has 5 nitrogen and oxygen atoms in total. The molecule has 6 heteroatoms. The van der Waals surface area contributed by atoms with Gasteiger partial charge >= 0.3 is 0 Å². The molecule has 0 spiro atoms. The van der Waals surface area contributed by atoms with Crippen LogP contribution in [0.15, 0.2) is 6.20 Å². The second kappa shape index (κ2) is 6.28. The molecule has 1 fully saturated rings. The van der Waals surface area contributed by atoms with Gasteiger partial charge in [-0.25, -0.2) is 4.98 Å². The van der Waals surface area contributed by atoms with E-state index in [-0.39, 0.29) is 12.4 Å². The first kappa shape index (κ1) is 13.6. The average molecular weight is 255 g/mol. The molecular formula is C11H15ClN4O. The number of halogens is 1. The van der Waals surface area contributed by atoms with Crippen LogP contribution in [0.25, 0.3) is 0 Å². The molecule has 0 radical (unpaired) electrons. The van der Waals surface area contributed by atoms with Crippen molar-refractivity contribution in [2.45, 2.75) is 12.5 Å². The Hall–Kier alpha value is -1.51. The molecule has 0 bridgehead atoms. The molecule has 92 valence electrons. The fourth-order valence-electron chi connectivity index (χ4n) is 1.65. The molecular weight excluding hydrogens is 240 g/mol. The van der Waals surface area contributed by atoms with Crippen LogP contribution in [0.4, 0.5) is 5.95 Å². The summed E-state index contributed by atoms with van der Waals surface area (Å²) in [5.74, 6) is 3.47. The minimum Gasteiger partial charge on any atom is -0.480 e. The van der Waals surface area contributed by atoms with Crippen LogP contribution in [-0.4, -0.2) is 36.2 Å². The standard InChI is InChI=1S/C11H14N4O.ClH/c1-3-8-6-13-11(15-10(8)16-2)14-9-4-5-12-7-9;/h1,6,9,12H,4-5,7H2,2H3,(H,13,14,15);1H/t9-;/m1./s1. The summed E-state index contributed by atoms with van der Waals surface area (Å²) in [5.41, 5.74) is 0.567.